The molecule has 1 fully saturated rings. The Hall–Kier alpha value is -2.84. The van der Waals surface area contributed by atoms with Crippen LogP contribution >= 0.6 is 11.8 Å². The van der Waals surface area contributed by atoms with Crippen LogP contribution in [0.25, 0.3) is 11.0 Å². The van der Waals surface area contributed by atoms with Crippen molar-refractivity contribution >= 4 is 40.2 Å². The number of carbonyl (C=O) groups excluding carboxylic acids is 1. The smallest absolute Gasteiger partial charge is 0.234 e. The number of hydrogen-bond donors (Lipinski definition) is 1. The van der Waals surface area contributed by atoms with E-state index < -0.39 is 0 Å². The summed E-state index contributed by atoms with van der Waals surface area (Å²) in [6.07, 6.45) is 0.201. The van der Waals surface area contributed by atoms with E-state index in [2.05, 4.69) is 24.1 Å². The van der Waals surface area contributed by atoms with Gasteiger partial charge in [0.1, 0.15) is 10.8 Å². The molecule has 1 aliphatic heterocycles. The molecule has 4 rings (SSSR count). The van der Waals surface area contributed by atoms with Gasteiger partial charge in [0, 0.05) is 13.1 Å². The molecule has 2 atom stereocenters. The molecule has 2 aromatic carbocycles. The Kier molecular flexibility index (Phi) is 6.58. The Morgan fingerprint density at radius 3 is 2.45 bits per heavy atom. The third-order valence-electron chi connectivity index (χ3n) is 4.96. The van der Waals surface area contributed by atoms with Crippen molar-refractivity contribution in [3.8, 4) is 5.75 Å². The highest BCUT2D eigenvalue weighted by molar-refractivity contribution is 8.00. The average molecular weight is 439 g/mol. The molecule has 0 saturated carbocycles. The molecule has 2 heterocycles. The van der Waals surface area contributed by atoms with Gasteiger partial charge in [0.15, 0.2) is 5.82 Å². The Morgan fingerprint density at radius 2 is 1.74 bits per heavy atom. The van der Waals surface area contributed by atoms with Gasteiger partial charge in [-0.2, -0.15) is 0 Å². The molecule has 162 valence electrons. The molecule has 8 heteroatoms. The number of benzene rings is 2. The molecule has 1 saturated heterocycles. The van der Waals surface area contributed by atoms with Crippen molar-refractivity contribution in [2.75, 3.05) is 36.2 Å². The van der Waals surface area contributed by atoms with Crippen LogP contribution in [-0.4, -0.2) is 54.0 Å². The Balaban J connectivity index is 1.56. The van der Waals surface area contributed by atoms with Crippen molar-refractivity contribution in [1.82, 2.24) is 9.97 Å². The minimum absolute atomic E-state index is 0.101. The fourth-order valence-electron chi connectivity index (χ4n) is 3.70. The van der Waals surface area contributed by atoms with Gasteiger partial charge in [-0.1, -0.05) is 36.0 Å². The predicted molar refractivity (Wildman–Crippen MR) is 124 cm³/mol. The minimum atomic E-state index is -0.126. The van der Waals surface area contributed by atoms with Gasteiger partial charge in [0.25, 0.3) is 0 Å². The van der Waals surface area contributed by atoms with Crippen molar-refractivity contribution in [3.05, 3.63) is 48.5 Å². The molecule has 1 aliphatic rings. The lowest BCUT2D eigenvalue weighted by Gasteiger charge is -2.36. The molecule has 7 nitrogen and oxygen atoms in total. The van der Waals surface area contributed by atoms with E-state index in [0.717, 1.165) is 35.0 Å². The van der Waals surface area contributed by atoms with E-state index in [-0.39, 0.29) is 23.9 Å². The molecule has 0 bridgehead atoms. The molecular weight excluding hydrogens is 412 g/mol. The van der Waals surface area contributed by atoms with Crippen LogP contribution in [0.15, 0.2) is 53.6 Å². The third kappa shape index (κ3) is 5.08. The predicted octanol–water partition coefficient (Wildman–Crippen LogP) is 3.98. The van der Waals surface area contributed by atoms with Gasteiger partial charge in [-0.15, -0.1) is 0 Å². The number of carbonyl (C=O) groups is 1. The maximum atomic E-state index is 12.6. The van der Waals surface area contributed by atoms with Crippen LogP contribution < -0.4 is 15.0 Å². The van der Waals surface area contributed by atoms with E-state index in [1.54, 1.807) is 7.11 Å². The molecule has 1 N–H and O–H groups in total. The fraction of sp³-hybridized carbons (Fsp3) is 0.348. The second-order valence-corrected chi connectivity index (χ2v) is 8.50. The molecule has 1 amide bonds. The highest BCUT2D eigenvalue weighted by atomic mass is 32.2. The number of amides is 1. The second-order valence-electron chi connectivity index (χ2n) is 7.54. The lowest BCUT2D eigenvalue weighted by atomic mass is 10.2. The van der Waals surface area contributed by atoms with E-state index >= 15 is 0 Å². The van der Waals surface area contributed by atoms with Gasteiger partial charge in [0.05, 0.1) is 41.8 Å². The molecule has 3 aromatic rings. The van der Waals surface area contributed by atoms with Gasteiger partial charge in [0.2, 0.25) is 5.91 Å². The van der Waals surface area contributed by atoms with Crippen molar-refractivity contribution in [1.29, 1.82) is 0 Å². The number of rotatable bonds is 6. The molecule has 31 heavy (non-hydrogen) atoms. The summed E-state index contributed by atoms with van der Waals surface area (Å²) in [6, 6.07) is 15.2. The zero-order valence-electron chi connectivity index (χ0n) is 17.9. The number of nitrogens with one attached hydrogen (secondary N) is 1. The van der Waals surface area contributed by atoms with E-state index in [1.165, 1.54) is 11.8 Å². The minimum Gasteiger partial charge on any atom is -0.495 e. The topological polar surface area (TPSA) is 76.6 Å². The first-order valence-electron chi connectivity index (χ1n) is 10.3. The van der Waals surface area contributed by atoms with Crippen LogP contribution in [0.5, 0.6) is 5.75 Å². The van der Waals surface area contributed by atoms with Gasteiger partial charge < -0.3 is 19.7 Å². The van der Waals surface area contributed by atoms with Crippen molar-refractivity contribution < 1.29 is 14.3 Å². The Bertz CT molecular complexity index is 1070. The first-order valence-corrected chi connectivity index (χ1v) is 11.2. The summed E-state index contributed by atoms with van der Waals surface area (Å²) in [5.74, 6) is 1.52. The first kappa shape index (κ1) is 21.4. The zero-order valence-corrected chi connectivity index (χ0v) is 18.7. The van der Waals surface area contributed by atoms with Crippen molar-refractivity contribution in [2.45, 2.75) is 31.1 Å². The van der Waals surface area contributed by atoms with Crippen LogP contribution in [0.3, 0.4) is 0 Å². The van der Waals surface area contributed by atoms with Crippen molar-refractivity contribution in [3.63, 3.8) is 0 Å². The zero-order chi connectivity index (χ0) is 21.8. The number of morpholine rings is 1. The molecule has 1 aromatic heterocycles. The summed E-state index contributed by atoms with van der Waals surface area (Å²) in [5.41, 5.74) is 2.30. The largest absolute Gasteiger partial charge is 0.495 e. The van der Waals surface area contributed by atoms with Gasteiger partial charge in [-0.05, 0) is 38.1 Å². The summed E-state index contributed by atoms with van der Waals surface area (Å²) in [5, 5.41) is 3.66. The maximum Gasteiger partial charge on any atom is 0.234 e. The molecule has 0 spiro atoms. The van der Waals surface area contributed by atoms with Crippen LogP contribution in [0.1, 0.15) is 13.8 Å². The van der Waals surface area contributed by atoms with Crippen LogP contribution in [0.4, 0.5) is 11.5 Å². The number of ether oxygens (including phenoxy) is 2. The highest BCUT2D eigenvalue weighted by Crippen LogP contribution is 2.31. The normalized spacial score (nSPS) is 18.7. The fourth-order valence-corrected chi connectivity index (χ4v) is 4.50. The molecule has 0 unspecified atom stereocenters. The lowest BCUT2D eigenvalue weighted by Crippen LogP contribution is -2.46. The number of nitrogens with zero attached hydrogens (tertiary/aromatic N) is 3. The van der Waals surface area contributed by atoms with Gasteiger partial charge in [-0.3, -0.25) is 4.79 Å². The number of para-hydroxylation sites is 4. The number of hydrogen-bond acceptors (Lipinski definition) is 7. The van der Waals surface area contributed by atoms with Gasteiger partial charge in [-0.25, -0.2) is 9.97 Å². The number of aromatic nitrogens is 2. The van der Waals surface area contributed by atoms with E-state index in [4.69, 9.17) is 19.4 Å². The van der Waals surface area contributed by atoms with Crippen molar-refractivity contribution in [2.24, 2.45) is 0 Å². The quantitative estimate of drug-likeness (QED) is 0.583. The lowest BCUT2D eigenvalue weighted by molar-refractivity contribution is -0.113. The Morgan fingerprint density at radius 1 is 1.10 bits per heavy atom. The molecule has 0 radical (unpaired) electrons. The molecule has 0 aliphatic carbocycles. The number of methoxy groups -OCH3 is 1. The third-order valence-corrected chi connectivity index (χ3v) is 5.92. The first-order chi connectivity index (χ1) is 15.0. The Labute approximate surface area is 186 Å². The maximum absolute atomic E-state index is 12.6. The number of thioether (sulfide) groups is 1. The van der Waals surface area contributed by atoms with E-state index in [0.29, 0.717) is 11.4 Å². The summed E-state index contributed by atoms with van der Waals surface area (Å²) in [6.45, 7) is 5.59. The average Bonchev–Trinajstić information content (AvgIpc) is 2.76. The highest BCUT2D eigenvalue weighted by Gasteiger charge is 2.26. The number of fused-ring (bicyclic) bond motifs is 1. The van der Waals surface area contributed by atoms with E-state index in [1.807, 2.05) is 48.5 Å². The SMILES string of the molecule is COc1ccccc1NC(=O)CSc1nc2ccccc2nc1N1C[C@@H](C)O[C@H](C)C1. The van der Waals surface area contributed by atoms with E-state index in [9.17, 15) is 4.79 Å². The summed E-state index contributed by atoms with van der Waals surface area (Å²) >= 11 is 1.39. The van der Waals surface area contributed by atoms with Crippen LogP contribution in [0, 0.1) is 0 Å². The van der Waals surface area contributed by atoms with Crippen LogP contribution in [-0.2, 0) is 9.53 Å². The van der Waals surface area contributed by atoms with Crippen LogP contribution in [0.2, 0.25) is 0 Å². The second kappa shape index (κ2) is 9.53. The summed E-state index contributed by atoms with van der Waals surface area (Å²) in [4.78, 5) is 24.6. The monoisotopic (exact) mass is 438 g/mol. The summed E-state index contributed by atoms with van der Waals surface area (Å²) < 4.78 is 11.2. The summed E-state index contributed by atoms with van der Waals surface area (Å²) in [7, 11) is 1.58. The molecular formula is C23H26N4O3S. The van der Waals surface area contributed by atoms with Gasteiger partial charge >= 0.3 is 0 Å². The standard InChI is InChI=1S/C23H26N4O3S/c1-15-12-27(13-16(2)30-15)22-23(26-18-9-5-4-8-17(18)25-22)31-14-21(28)24-19-10-6-7-11-20(19)29-3/h4-11,15-16H,12-14H2,1-3H3,(H,24,28)/t15-,16-/m1/s1. The number of anilines is 2.